The number of fused-ring (bicyclic) bond motifs is 1. The lowest BCUT2D eigenvalue weighted by atomic mass is 10.0. The minimum Gasteiger partial charge on any atom is -0.360 e. The average molecular weight is 433 g/mol. The molecule has 0 amide bonds. The number of rotatable bonds is 6. The molecule has 7 nitrogen and oxygen atoms in total. The summed E-state index contributed by atoms with van der Waals surface area (Å²) < 4.78 is 37.9. The zero-order chi connectivity index (χ0) is 21.3. The Labute approximate surface area is 173 Å². The third-order valence-corrected chi connectivity index (χ3v) is 5.56. The molecule has 0 aliphatic rings. The molecule has 30 heavy (non-hydrogen) atoms. The van der Waals surface area contributed by atoms with E-state index in [1.54, 1.807) is 6.20 Å². The number of nitrogens with one attached hydrogen (secondary N) is 1. The molecule has 0 saturated heterocycles. The fourth-order valence-corrected chi connectivity index (χ4v) is 3.82. The number of anilines is 1. The maximum atomic E-state index is 12.6. The van der Waals surface area contributed by atoms with Crippen molar-refractivity contribution in [2.45, 2.75) is 18.6 Å². The summed E-state index contributed by atoms with van der Waals surface area (Å²) in [4.78, 5) is 6.52. The van der Waals surface area contributed by atoms with Gasteiger partial charge in [-0.05, 0) is 47.0 Å². The molecule has 2 aromatic heterocycles. The van der Waals surface area contributed by atoms with Gasteiger partial charge in [-0.15, -0.1) is 5.10 Å². The van der Waals surface area contributed by atoms with Crippen LogP contribution in [0.25, 0.3) is 21.5 Å². The zero-order valence-electron chi connectivity index (χ0n) is 15.6. The Morgan fingerprint density at radius 2 is 1.90 bits per heavy atom. The Bertz CT molecular complexity index is 1150. The highest BCUT2D eigenvalue weighted by atomic mass is 32.1. The van der Waals surface area contributed by atoms with Gasteiger partial charge in [0.1, 0.15) is 11.0 Å². The number of hydrogen-bond donors (Lipinski definition) is 3. The van der Waals surface area contributed by atoms with Crippen molar-refractivity contribution in [2.75, 3.05) is 17.7 Å². The van der Waals surface area contributed by atoms with E-state index < -0.39 is 11.7 Å². The molecular weight excluding hydrogens is 415 g/mol. The molecule has 0 aliphatic heterocycles. The number of benzene rings is 2. The Balaban J connectivity index is 1.36. The number of hydrogen-bond acceptors (Lipinski definition) is 7. The van der Waals surface area contributed by atoms with Crippen molar-refractivity contribution in [1.29, 1.82) is 0 Å². The third kappa shape index (κ3) is 4.36. The summed E-state index contributed by atoms with van der Waals surface area (Å²) in [5.74, 6) is 5.75. The summed E-state index contributed by atoms with van der Waals surface area (Å²) in [6.45, 7) is 0.437. The first-order valence-electron chi connectivity index (χ1n) is 9.02. The Kier molecular flexibility index (Phi) is 5.31. The number of nitrogen functional groups attached to an aromatic ring is 1. The normalized spacial score (nSPS) is 12.9. The highest BCUT2D eigenvalue weighted by molar-refractivity contribution is 7.18. The first kappa shape index (κ1) is 20.1. The van der Waals surface area contributed by atoms with Crippen LogP contribution in [0.4, 0.5) is 18.3 Å². The molecule has 2 aromatic carbocycles. The summed E-state index contributed by atoms with van der Waals surface area (Å²) in [5.41, 5.74) is 8.57. The molecule has 5 N–H and O–H groups in total. The first-order chi connectivity index (χ1) is 14.3. The van der Waals surface area contributed by atoms with Crippen LogP contribution in [0.2, 0.25) is 0 Å². The maximum absolute atomic E-state index is 12.6. The second kappa shape index (κ2) is 7.92. The van der Waals surface area contributed by atoms with Crippen molar-refractivity contribution in [3.63, 3.8) is 0 Å². The molecule has 4 rings (SSSR count). The van der Waals surface area contributed by atoms with Gasteiger partial charge < -0.3 is 16.9 Å². The largest absolute Gasteiger partial charge is 0.416 e. The second-order valence-electron chi connectivity index (χ2n) is 6.81. The molecule has 0 saturated carbocycles. The molecule has 4 aromatic rings. The van der Waals surface area contributed by atoms with Gasteiger partial charge in [0, 0.05) is 18.8 Å². The highest BCUT2D eigenvalue weighted by Gasteiger charge is 2.29. The van der Waals surface area contributed by atoms with E-state index in [1.165, 1.54) is 28.3 Å². The number of nitrogens with two attached hydrogens (primary N) is 2. The van der Waals surface area contributed by atoms with Crippen LogP contribution >= 0.6 is 11.3 Å². The van der Waals surface area contributed by atoms with Crippen molar-refractivity contribution < 1.29 is 13.2 Å². The van der Waals surface area contributed by atoms with E-state index in [0.717, 1.165) is 28.1 Å². The molecule has 0 spiro atoms. The van der Waals surface area contributed by atoms with Crippen molar-refractivity contribution in [3.05, 3.63) is 59.8 Å². The molecular formula is C19H18F3N7S. The summed E-state index contributed by atoms with van der Waals surface area (Å²) in [6, 6.07) is 10.4. The van der Waals surface area contributed by atoms with Gasteiger partial charge in [-0.3, -0.25) is 0 Å². The molecule has 0 radical (unpaired) electrons. The third-order valence-electron chi connectivity index (χ3n) is 4.56. The average Bonchev–Trinajstić information content (AvgIpc) is 3.33. The molecule has 0 unspecified atom stereocenters. The fraction of sp³-hybridized carbons (Fsp3) is 0.211. The Morgan fingerprint density at radius 1 is 1.13 bits per heavy atom. The molecule has 0 bridgehead atoms. The topological polar surface area (TPSA) is 108 Å². The van der Waals surface area contributed by atoms with Crippen LogP contribution in [-0.4, -0.2) is 32.7 Å². The van der Waals surface area contributed by atoms with Crippen molar-refractivity contribution >= 4 is 27.5 Å². The van der Waals surface area contributed by atoms with Crippen molar-refractivity contribution in [1.82, 2.24) is 20.1 Å². The summed E-state index contributed by atoms with van der Waals surface area (Å²) in [5, 5.41) is 11.6. The molecule has 0 aliphatic carbocycles. The van der Waals surface area contributed by atoms with Crippen molar-refractivity contribution in [3.8, 4) is 10.4 Å². The van der Waals surface area contributed by atoms with Crippen LogP contribution in [0.15, 0.2) is 48.7 Å². The van der Waals surface area contributed by atoms with Crippen LogP contribution in [0.5, 0.6) is 0 Å². The first-order valence-corrected chi connectivity index (χ1v) is 9.83. The number of aromatic nitrogens is 4. The van der Waals surface area contributed by atoms with Gasteiger partial charge >= 0.3 is 6.18 Å². The predicted octanol–water partition coefficient (Wildman–Crippen LogP) is 3.27. The number of halogens is 3. The van der Waals surface area contributed by atoms with Crippen LogP contribution in [0, 0.1) is 0 Å². The Hall–Kier alpha value is -3.18. The van der Waals surface area contributed by atoms with E-state index in [2.05, 4.69) is 20.6 Å². The summed E-state index contributed by atoms with van der Waals surface area (Å²) >= 11 is 1.46. The van der Waals surface area contributed by atoms with Gasteiger partial charge in [-0.2, -0.15) is 18.0 Å². The van der Waals surface area contributed by atoms with Gasteiger partial charge in [0.15, 0.2) is 5.13 Å². The van der Waals surface area contributed by atoms with E-state index in [1.807, 2.05) is 18.2 Å². The predicted molar refractivity (Wildman–Crippen MR) is 110 cm³/mol. The van der Waals surface area contributed by atoms with E-state index in [9.17, 15) is 13.2 Å². The molecule has 0 fully saturated rings. The lowest BCUT2D eigenvalue weighted by Gasteiger charge is -2.13. The van der Waals surface area contributed by atoms with Gasteiger partial charge in [-0.25, -0.2) is 4.98 Å². The van der Waals surface area contributed by atoms with Crippen LogP contribution in [0.1, 0.15) is 11.1 Å². The van der Waals surface area contributed by atoms with Gasteiger partial charge in [-0.1, -0.05) is 29.5 Å². The number of alkyl halides is 3. The van der Waals surface area contributed by atoms with E-state index in [4.69, 9.17) is 11.6 Å². The Morgan fingerprint density at radius 3 is 2.63 bits per heavy atom. The van der Waals surface area contributed by atoms with Crippen LogP contribution in [-0.2, 0) is 12.6 Å². The maximum Gasteiger partial charge on any atom is 0.416 e. The lowest BCUT2D eigenvalue weighted by Crippen LogP contribution is -2.31. The number of thiazole rings is 1. The zero-order valence-corrected chi connectivity index (χ0v) is 16.4. The minimum atomic E-state index is -4.34. The SMILES string of the molecule is N[C@H](CNc1ncc(-c2ccc3nnn(N)c3c2)s1)Cc1ccc(C(F)(F)F)cc1. The highest BCUT2D eigenvalue weighted by Crippen LogP contribution is 2.31. The quantitative estimate of drug-likeness (QED) is 0.403. The van der Waals surface area contributed by atoms with Crippen LogP contribution in [0.3, 0.4) is 0 Å². The standard InChI is InChI=1S/C19H18F3N7S/c20-19(21,22)13-4-1-11(2-5-13)7-14(23)9-25-18-26-10-17(30-18)12-3-6-15-16(8-12)29(24)28-27-15/h1-6,8,10,14H,7,9,23-24H2,(H,25,26)/t14-/m0/s1. The summed E-state index contributed by atoms with van der Waals surface area (Å²) in [6.07, 6.45) is -2.14. The van der Waals surface area contributed by atoms with E-state index >= 15 is 0 Å². The van der Waals surface area contributed by atoms with Crippen LogP contribution < -0.4 is 16.9 Å². The number of nitrogens with zero attached hydrogens (tertiary/aromatic N) is 4. The van der Waals surface area contributed by atoms with Gasteiger partial charge in [0.05, 0.1) is 10.4 Å². The monoisotopic (exact) mass is 433 g/mol. The van der Waals surface area contributed by atoms with E-state index in [0.29, 0.717) is 29.1 Å². The van der Waals surface area contributed by atoms with Gasteiger partial charge in [0.25, 0.3) is 0 Å². The minimum absolute atomic E-state index is 0.275. The second-order valence-corrected chi connectivity index (χ2v) is 7.84. The van der Waals surface area contributed by atoms with Gasteiger partial charge in [0.2, 0.25) is 0 Å². The molecule has 1 atom stereocenters. The summed E-state index contributed by atoms with van der Waals surface area (Å²) in [7, 11) is 0. The fourth-order valence-electron chi connectivity index (χ4n) is 3.00. The molecule has 11 heteroatoms. The molecule has 2 heterocycles. The molecule has 156 valence electrons. The van der Waals surface area contributed by atoms with E-state index in [-0.39, 0.29) is 6.04 Å². The van der Waals surface area contributed by atoms with Crippen molar-refractivity contribution in [2.24, 2.45) is 5.73 Å². The smallest absolute Gasteiger partial charge is 0.360 e. The lowest BCUT2D eigenvalue weighted by molar-refractivity contribution is -0.137.